The summed E-state index contributed by atoms with van der Waals surface area (Å²) in [5.74, 6) is 1.64. The summed E-state index contributed by atoms with van der Waals surface area (Å²) in [6, 6.07) is 10.8. The zero-order valence-corrected chi connectivity index (χ0v) is 11.8. The zero-order chi connectivity index (χ0) is 13.8. The summed E-state index contributed by atoms with van der Waals surface area (Å²) in [6.07, 6.45) is 3.57. The molecule has 1 fully saturated rings. The Hall–Kier alpha value is -1.81. The molecule has 4 heteroatoms. The number of rotatable bonds is 7. The molecule has 1 aromatic carbocycles. The molecule has 4 nitrogen and oxygen atoms in total. The summed E-state index contributed by atoms with van der Waals surface area (Å²) in [5.41, 5.74) is 2.22. The van der Waals surface area contributed by atoms with Gasteiger partial charge in [0.1, 0.15) is 12.4 Å². The molecule has 0 atom stereocenters. The number of aryl methyl sites for hydroxylation is 1. The molecule has 20 heavy (non-hydrogen) atoms. The minimum atomic E-state index is 0.420. The van der Waals surface area contributed by atoms with Crippen molar-refractivity contribution in [1.82, 2.24) is 10.5 Å². The predicted molar refractivity (Wildman–Crippen MR) is 76.5 cm³/mol. The van der Waals surface area contributed by atoms with Gasteiger partial charge < -0.3 is 14.6 Å². The lowest BCUT2D eigenvalue weighted by Gasteiger charge is -2.04. The second kappa shape index (κ2) is 6.09. The van der Waals surface area contributed by atoms with Crippen LogP contribution in [0.5, 0.6) is 5.75 Å². The largest absolute Gasteiger partial charge is 0.486 e. The number of benzene rings is 1. The molecule has 2 aromatic rings. The van der Waals surface area contributed by atoms with Gasteiger partial charge in [0.05, 0.1) is 5.69 Å². The van der Waals surface area contributed by atoms with Gasteiger partial charge in [0.2, 0.25) is 0 Å². The molecule has 106 valence electrons. The molecule has 0 spiro atoms. The fraction of sp³-hybridized carbons (Fsp3) is 0.438. The smallest absolute Gasteiger partial charge is 0.174 e. The average molecular weight is 272 g/mol. The van der Waals surface area contributed by atoms with E-state index in [0.29, 0.717) is 12.6 Å². The van der Waals surface area contributed by atoms with Crippen LogP contribution in [0, 0.1) is 0 Å². The quantitative estimate of drug-likeness (QED) is 0.841. The second-order valence-corrected chi connectivity index (χ2v) is 5.23. The topological polar surface area (TPSA) is 47.3 Å². The summed E-state index contributed by atoms with van der Waals surface area (Å²) in [5, 5.41) is 7.46. The van der Waals surface area contributed by atoms with E-state index in [0.717, 1.165) is 30.2 Å². The predicted octanol–water partition coefficient (Wildman–Crippen LogP) is 3.07. The van der Waals surface area contributed by atoms with Crippen molar-refractivity contribution in [3.63, 3.8) is 0 Å². The summed E-state index contributed by atoms with van der Waals surface area (Å²) < 4.78 is 11.0. The van der Waals surface area contributed by atoms with Crippen LogP contribution in [0.3, 0.4) is 0 Å². The zero-order valence-electron chi connectivity index (χ0n) is 11.8. The number of hydrogen-bond donors (Lipinski definition) is 1. The fourth-order valence-electron chi connectivity index (χ4n) is 2.05. The van der Waals surface area contributed by atoms with Gasteiger partial charge in [-0.25, -0.2) is 0 Å². The Labute approximate surface area is 119 Å². The molecule has 1 aliphatic rings. The highest BCUT2D eigenvalue weighted by molar-refractivity contribution is 5.28. The Morgan fingerprint density at radius 2 is 2.25 bits per heavy atom. The third-order valence-corrected chi connectivity index (χ3v) is 3.44. The first-order valence-corrected chi connectivity index (χ1v) is 7.23. The number of hydrogen-bond acceptors (Lipinski definition) is 4. The molecular weight excluding hydrogens is 252 g/mol. The van der Waals surface area contributed by atoms with E-state index in [-0.39, 0.29) is 0 Å². The number of nitrogens with one attached hydrogen (secondary N) is 1. The monoisotopic (exact) mass is 272 g/mol. The fourth-order valence-corrected chi connectivity index (χ4v) is 2.05. The van der Waals surface area contributed by atoms with Crippen molar-refractivity contribution < 1.29 is 9.26 Å². The Balaban J connectivity index is 1.51. The first-order valence-electron chi connectivity index (χ1n) is 7.23. The Bertz CT molecular complexity index is 561. The van der Waals surface area contributed by atoms with Gasteiger partial charge in [-0.1, -0.05) is 24.2 Å². The first kappa shape index (κ1) is 13.2. The van der Waals surface area contributed by atoms with E-state index in [1.54, 1.807) is 0 Å². The maximum atomic E-state index is 5.73. The molecular formula is C16H20N2O2. The third-order valence-electron chi connectivity index (χ3n) is 3.44. The minimum Gasteiger partial charge on any atom is -0.486 e. The number of nitrogens with zero attached hydrogens (tertiary/aromatic N) is 1. The van der Waals surface area contributed by atoms with Crippen molar-refractivity contribution in [1.29, 1.82) is 0 Å². The van der Waals surface area contributed by atoms with Crippen LogP contribution in [-0.2, 0) is 19.6 Å². The van der Waals surface area contributed by atoms with E-state index < -0.39 is 0 Å². The van der Waals surface area contributed by atoms with E-state index in [1.807, 2.05) is 18.2 Å². The van der Waals surface area contributed by atoms with Crippen LogP contribution in [0.2, 0.25) is 0 Å². The lowest BCUT2D eigenvalue weighted by Crippen LogP contribution is -2.15. The molecule has 0 saturated heterocycles. The highest BCUT2D eigenvalue weighted by atomic mass is 16.5. The summed E-state index contributed by atoms with van der Waals surface area (Å²) in [6.45, 7) is 3.33. The molecule has 0 aliphatic heterocycles. The van der Waals surface area contributed by atoms with Crippen LogP contribution in [0.4, 0.5) is 0 Å². The Morgan fingerprint density at radius 1 is 1.35 bits per heavy atom. The van der Waals surface area contributed by atoms with E-state index >= 15 is 0 Å². The molecule has 1 aromatic heterocycles. The molecule has 1 N–H and O–H groups in total. The molecule has 1 aliphatic carbocycles. The van der Waals surface area contributed by atoms with Gasteiger partial charge in [-0.2, -0.15) is 0 Å². The SMILES string of the molecule is CCc1cccc(OCc2cc(CNC3CC3)no2)c1. The Morgan fingerprint density at radius 3 is 3.05 bits per heavy atom. The highest BCUT2D eigenvalue weighted by Gasteiger charge is 2.20. The first-order chi connectivity index (χ1) is 9.83. The molecule has 0 amide bonds. The molecule has 1 heterocycles. The number of ether oxygens (including phenoxy) is 1. The van der Waals surface area contributed by atoms with Crippen molar-refractivity contribution in [2.45, 2.75) is 45.4 Å². The Kier molecular flexibility index (Phi) is 4.02. The normalized spacial score (nSPS) is 14.4. The van der Waals surface area contributed by atoms with Crippen molar-refractivity contribution in [3.05, 3.63) is 47.3 Å². The van der Waals surface area contributed by atoms with Gasteiger partial charge in [0.25, 0.3) is 0 Å². The van der Waals surface area contributed by atoms with Gasteiger partial charge in [-0.3, -0.25) is 0 Å². The van der Waals surface area contributed by atoms with Crippen LogP contribution in [0.1, 0.15) is 36.8 Å². The van der Waals surface area contributed by atoms with Gasteiger partial charge in [0, 0.05) is 18.7 Å². The van der Waals surface area contributed by atoms with Crippen molar-refractivity contribution in [2.24, 2.45) is 0 Å². The van der Waals surface area contributed by atoms with E-state index in [4.69, 9.17) is 9.26 Å². The van der Waals surface area contributed by atoms with Crippen LogP contribution in [-0.4, -0.2) is 11.2 Å². The molecule has 3 rings (SSSR count). The molecule has 0 radical (unpaired) electrons. The van der Waals surface area contributed by atoms with E-state index in [2.05, 4.69) is 29.5 Å². The van der Waals surface area contributed by atoms with Gasteiger partial charge in [0.15, 0.2) is 5.76 Å². The number of aromatic nitrogens is 1. The molecule has 0 bridgehead atoms. The van der Waals surface area contributed by atoms with Crippen LogP contribution in [0.15, 0.2) is 34.9 Å². The van der Waals surface area contributed by atoms with Crippen LogP contribution in [0.25, 0.3) is 0 Å². The molecule has 1 saturated carbocycles. The van der Waals surface area contributed by atoms with Crippen LogP contribution < -0.4 is 10.1 Å². The summed E-state index contributed by atoms with van der Waals surface area (Å²) in [4.78, 5) is 0. The standard InChI is InChI=1S/C16H20N2O2/c1-2-12-4-3-5-15(8-12)19-11-16-9-14(18-20-16)10-17-13-6-7-13/h3-5,8-9,13,17H,2,6-7,10-11H2,1H3. The highest BCUT2D eigenvalue weighted by Crippen LogP contribution is 2.19. The van der Waals surface area contributed by atoms with Crippen molar-refractivity contribution in [2.75, 3.05) is 0 Å². The van der Waals surface area contributed by atoms with Crippen LogP contribution >= 0.6 is 0 Å². The summed E-state index contributed by atoms with van der Waals surface area (Å²) >= 11 is 0. The maximum absolute atomic E-state index is 5.73. The van der Waals surface area contributed by atoms with Gasteiger partial charge >= 0.3 is 0 Å². The van der Waals surface area contributed by atoms with E-state index in [9.17, 15) is 0 Å². The lowest BCUT2D eigenvalue weighted by atomic mass is 10.2. The van der Waals surface area contributed by atoms with Gasteiger partial charge in [-0.05, 0) is 37.0 Å². The minimum absolute atomic E-state index is 0.420. The summed E-state index contributed by atoms with van der Waals surface area (Å²) in [7, 11) is 0. The molecule has 0 unspecified atom stereocenters. The lowest BCUT2D eigenvalue weighted by molar-refractivity contribution is 0.248. The third kappa shape index (κ3) is 3.61. The van der Waals surface area contributed by atoms with E-state index in [1.165, 1.54) is 18.4 Å². The maximum Gasteiger partial charge on any atom is 0.174 e. The second-order valence-electron chi connectivity index (χ2n) is 5.23. The van der Waals surface area contributed by atoms with Crippen molar-refractivity contribution >= 4 is 0 Å². The van der Waals surface area contributed by atoms with Crippen molar-refractivity contribution in [3.8, 4) is 5.75 Å². The van der Waals surface area contributed by atoms with Gasteiger partial charge in [-0.15, -0.1) is 0 Å². The average Bonchev–Trinajstić information content (AvgIpc) is 3.21.